The molecule has 0 amide bonds. The summed E-state index contributed by atoms with van der Waals surface area (Å²) in [6.45, 7) is 9.41. The molecule has 0 saturated carbocycles. The van der Waals surface area contributed by atoms with E-state index in [1.807, 2.05) is 0 Å². The van der Waals surface area contributed by atoms with Gasteiger partial charge >= 0.3 is 0 Å². The van der Waals surface area contributed by atoms with Crippen molar-refractivity contribution in [2.75, 3.05) is 0 Å². The Labute approximate surface area is 240 Å². The molecule has 1 heterocycles. The van der Waals surface area contributed by atoms with Gasteiger partial charge in [0.15, 0.2) is 0 Å². The Morgan fingerprint density at radius 2 is 0.895 bits per heavy atom. The predicted octanol–water partition coefficient (Wildman–Crippen LogP) is 12.5. The fourth-order valence-electron chi connectivity index (χ4n) is 6.31. The SMILES string of the molecule is CCCCCCCCCCCCCCCCCCC(CCC)c1[nH]cc[n+]1C(C)CCCCCCCCC. The molecule has 0 aliphatic carbocycles. The number of hydrogen-bond acceptors (Lipinski definition) is 0. The molecule has 1 N–H and O–H groups in total. The Morgan fingerprint density at radius 1 is 0.500 bits per heavy atom. The molecule has 0 saturated heterocycles. The molecular weight excluding hydrogens is 460 g/mol. The smallest absolute Gasteiger partial charge is 0.247 e. The van der Waals surface area contributed by atoms with Crippen LogP contribution in [0.4, 0.5) is 0 Å². The van der Waals surface area contributed by atoms with Gasteiger partial charge in [-0.3, -0.25) is 0 Å². The first kappa shape index (κ1) is 35.2. The van der Waals surface area contributed by atoms with E-state index in [2.05, 4.69) is 49.6 Å². The lowest BCUT2D eigenvalue weighted by atomic mass is 9.94. The van der Waals surface area contributed by atoms with Crippen LogP contribution < -0.4 is 4.57 Å². The predicted molar refractivity (Wildman–Crippen MR) is 170 cm³/mol. The van der Waals surface area contributed by atoms with E-state index in [-0.39, 0.29) is 0 Å². The van der Waals surface area contributed by atoms with Crippen LogP contribution in [0.3, 0.4) is 0 Å². The van der Waals surface area contributed by atoms with Gasteiger partial charge < -0.3 is 0 Å². The normalized spacial score (nSPS) is 13.3. The summed E-state index contributed by atoms with van der Waals surface area (Å²) in [6, 6.07) is 0.622. The van der Waals surface area contributed by atoms with Crippen molar-refractivity contribution in [2.45, 2.75) is 213 Å². The van der Waals surface area contributed by atoms with Gasteiger partial charge in [-0.25, -0.2) is 9.55 Å². The quantitative estimate of drug-likeness (QED) is 0.0783. The molecular formula is C36H71N2+. The Balaban J connectivity index is 2.12. The van der Waals surface area contributed by atoms with Crippen LogP contribution in [0, 0.1) is 0 Å². The number of unbranched alkanes of at least 4 members (excludes halogenated alkanes) is 21. The Morgan fingerprint density at radius 3 is 1.32 bits per heavy atom. The summed E-state index contributed by atoms with van der Waals surface area (Å²) in [6.07, 6.45) is 42.8. The summed E-state index contributed by atoms with van der Waals surface area (Å²) < 4.78 is 2.59. The standard InChI is InChI=1S/C36H70N2/c1-5-8-10-12-14-15-16-17-18-19-20-21-22-24-26-28-31-35(29-7-3)36-37-32-33-38(36)34(4)30-27-25-23-13-11-9-6-2/h32-35H,5-31H2,1-4H3/p+1. The van der Waals surface area contributed by atoms with Crippen molar-refractivity contribution in [3.63, 3.8) is 0 Å². The lowest BCUT2D eigenvalue weighted by Gasteiger charge is -2.16. The summed E-state index contributed by atoms with van der Waals surface area (Å²) >= 11 is 0. The van der Waals surface area contributed by atoms with Crippen LogP contribution in [0.25, 0.3) is 0 Å². The van der Waals surface area contributed by atoms with Crippen LogP contribution in [-0.2, 0) is 0 Å². The van der Waals surface area contributed by atoms with Gasteiger partial charge in [-0.1, -0.05) is 168 Å². The maximum absolute atomic E-state index is 3.66. The number of hydrogen-bond donors (Lipinski definition) is 1. The number of nitrogens with zero attached hydrogens (tertiary/aromatic N) is 1. The Kier molecular flexibility index (Phi) is 24.5. The zero-order valence-corrected chi connectivity index (χ0v) is 26.8. The maximum atomic E-state index is 3.66. The van der Waals surface area contributed by atoms with E-state index in [1.54, 1.807) is 0 Å². The lowest BCUT2D eigenvalue weighted by Crippen LogP contribution is -2.41. The van der Waals surface area contributed by atoms with Gasteiger partial charge in [0.2, 0.25) is 0 Å². The molecule has 0 aromatic carbocycles. The van der Waals surface area contributed by atoms with Gasteiger partial charge in [-0.05, 0) is 32.6 Å². The summed E-state index contributed by atoms with van der Waals surface area (Å²) in [5.74, 6) is 2.21. The van der Waals surface area contributed by atoms with Gasteiger partial charge in [0.1, 0.15) is 12.4 Å². The highest BCUT2D eigenvalue weighted by Gasteiger charge is 2.24. The highest BCUT2D eigenvalue weighted by molar-refractivity contribution is 4.90. The molecule has 0 bridgehead atoms. The van der Waals surface area contributed by atoms with Crippen molar-refractivity contribution in [2.24, 2.45) is 0 Å². The van der Waals surface area contributed by atoms with Gasteiger partial charge in [-0.15, -0.1) is 0 Å². The molecule has 1 rings (SSSR count). The molecule has 2 nitrogen and oxygen atoms in total. The summed E-state index contributed by atoms with van der Waals surface area (Å²) in [5.41, 5.74) is 0. The third kappa shape index (κ3) is 18.5. The molecule has 0 spiro atoms. The lowest BCUT2D eigenvalue weighted by molar-refractivity contribution is -0.727. The molecule has 1 aromatic heterocycles. The zero-order valence-electron chi connectivity index (χ0n) is 26.8. The first-order valence-electron chi connectivity index (χ1n) is 17.8. The first-order chi connectivity index (χ1) is 18.7. The van der Waals surface area contributed by atoms with E-state index in [1.165, 1.54) is 179 Å². The number of nitrogens with one attached hydrogen (secondary N) is 1. The van der Waals surface area contributed by atoms with Crippen LogP contribution in [0.5, 0.6) is 0 Å². The largest absolute Gasteiger partial charge is 0.257 e. The molecule has 2 unspecified atom stereocenters. The summed E-state index contributed by atoms with van der Waals surface area (Å²) in [4.78, 5) is 3.66. The average molecular weight is 532 g/mol. The van der Waals surface area contributed by atoms with Crippen molar-refractivity contribution >= 4 is 0 Å². The topological polar surface area (TPSA) is 19.7 Å². The van der Waals surface area contributed by atoms with E-state index in [4.69, 9.17) is 0 Å². The highest BCUT2D eigenvalue weighted by atomic mass is 15.1. The van der Waals surface area contributed by atoms with Crippen LogP contribution in [0.15, 0.2) is 12.4 Å². The van der Waals surface area contributed by atoms with Gasteiger partial charge in [0.05, 0.1) is 12.0 Å². The third-order valence-electron chi connectivity index (χ3n) is 8.87. The molecule has 0 aliphatic heterocycles. The fraction of sp³-hybridized carbons (Fsp3) is 0.917. The Bertz CT molecular complexity index is 592. The molecule has 38 heavy (non-hydrogen) atoms. The second-order valence-electron chi connectivity index (χ2n) is 12.6. The van der Waals surface area contributed by atoms with Crippen LogP contribution in [0.2, 0.25) is 0 Å². The minimum absolute atomic E-state index is 0.622. The zero-order chi connectivity index (χ0) is 27.5. The van der Waals surface area contributed by atoms with Crippen molar-refractivity contribution < 1.29 is 4.57 Å². The van der Waals surface area contributed by atoms with E-state index in [0.29, 0.717) is 12.0 Å². The van der Waals surface area contributed by atoms with Gasteiger partial charge in [-0.2, -0.15) is 0 Å². The highest BCUT2D eigenvalue weighted by Crippen LogP contribution is 2.26. The fourth-order valence-corrected chi connectivity index (χ4v) is 6.31. The number of rotatable bonds is 29. The van der Waals surface area contributed by atoms with Crippen LogP contribution in [-0.4, -0.2) is 4.98 Å². The first-order valence-corrected chi connectivity index (χ1v) is 17.8. The molecule has 2 atom stereocenters. The van der Waals surface area contributed by atoms with Crippen LogP contribution >= 0.6 is 0 Å². The second-order valence-corrected chi connectivity index (χ2v) is 12.6. The molecule has 2 heteroatoms. The Hall–Kier alpha value is -0.790. The summed E-state index contributed by atoms with van der Waals surface area (Å²) in [5, 5.41) is 0. The van der Waals surface area contributed by atoms with Crippen LogP contribution in [0.1, 0.15) is 219 Å². The minimum atomic E-state index is 0.622. The number of imidazole rings is 1. The van der Waals surface area contributed by atoms with E-state index < -0.39 is 0 Å². The number of H-pyrrole nitrogens is 1. The minimum Gasteiger partial charge on any atom is -0.247 e. The molecule has 0 aliphatic rings. The van der Waals surface area contributed by atoms with E-state index >= 15 is 0 Å². The van der Waals surface area contributed by atoms with E-state index in [0.717, 1.165) is 0 Å². The number of aromatic nitrogens is 2. The maximum Gasteiger partial charge on any atom is 0.257 e. The van der Waals surface area contributed by atoms with Crippen molar-refractivity contribution in [1.82, 2.24) is 4.98 Å². The second kappa shape index (κ2) is 26.4. The monoisotopic (exact) mass is 532 g/mol. The van der Waals surface area contributed by atoms with Crippen molar-refractivity contribution in [3.05, 3.63) is 18.2 Å². The average Bonchev–Trinajstić information content (AvgIpc) is 3.41. The molecule has 224 valence electrons. The van der Waals surface area contributed by atoms with Gasteiger partial charge in [0, 0.05) is 0 Å². The van der Waals surface area contributed by atoms with Gasteiger partial charge in [0.25, 0.3) is 5.82 Å². The molecule has 1 aromatic rings. The molecule has 0 fully saturated rings. The van der Waals surface area contributed by atoms with Crippen molar-refractivity contribution in [3.8, 4) is 0 Å². The molecule has 0 radical (unpaired) electrons. The summed E-state index contributed by atoms with van der Waals surface area (Å²) in [7, 11) is 0. The number of aromatic amines is 1. The van der Waals surface area contributed by atoms with E-state index in [9.17, 15) is 0 Å². The third-order valence-corrected chi connectivity index (χ3v) is 8.87. The van der Waals surface area contributed by atoms with Crippen molar-refractivity contribution in [1.29, 1.82) is 0 Å².